The second kappa shape index (κ2) is 3.46. The minimum Gasteiger partial charge on any atom is -0.441 e. The summed E-state index contributed by atoms with van der Waals surface area (Å²) in [6.07, 6.45) is 5.11. The molecule has 0 spiro atoms. The normalized spacial score (nSPS) is 10.1. The molecular formula is C11H10N2O. The lowest BCUT2D eigenvalue weighted by molar-refractivity contribution is 0.542. The number of hydrogen-bond acceptors (Lipinski definition) is 3. The van der Waals surface area contributed by atoms with Crippen molar-refractivity contribution in [3.8, 4) is 11.5 Å². The maximum absolute atomic E-state index is 5.48. The Labute approximate surface area is 82.1 Å². The Balaban J connectivity index is 2.48. The zero-order valence-corrected chi connectivity index (χ0v) is 7.90. The van der Waals surface area contributed by atoms with Gasteiger partial charge in [-0.25, -0.2) is 4.98 Å². The van der Waals surface area contributed by atoms with Gasteiger partial charge in [-0.2, -0.15) is 0 Å². The number of pyridine rings is 1. The zero-order chi connectivity index (χ0) is 9.97. The van der Waals surface area contributed by atoms with Crippen molar-refractivity contribution >= 4 is 6.08 Å². The Bertz CT molecular complexity index is 446. The molecule has 0 saturated carbocycles. The van der Waals surface area contributed by atoms with Crippen LogP contribution in [0, 0.1) is 6.92 Å². The maximum Gasteiger partial charge on any atom is 0.226 e. The number of rotatable bonds is 2. The van der Waals surface area contributed by atoms with E-state index in [1.165, 1.54) is 0 Å². The third kappa shape index (κ3) is 1.44. The quantitative estimate of drug-likeness (QED) is 0.723. The van der Waals surface area contributed by atoms with E-state index in [1.807, 2.05) is 19.1 Å². The number of aromatic nitrogens is 2. The van der Waals surface area contributed by atoms with Crippen LogP contribution >= 0.6 is 0 Å². The van der Waals surface area contributed by atoms with Crippen molar-refractivity contribution in [1.29, 1.82) is 0 Å². The van der Waals surface area contributed by atoms with Crippen LogP contribution in [0.25, 0.3) is 17.5 Å². The Morgan fingerprint density at radius 3 is 2.64 bits per heavy atom. The van der Waals surface area contributed by atoms with Gasteiger partial charge >= 0.3 is 0 Å². The highest BCUT2D eigenvalue weighted by molar-refractivity contribution is 5.55. The summed E-state index contributed by atoms with van der Waals surface area (Å²) in [7, 11) is 0. The van der Waals surface area contributed by atoms with E-state index in [2.05, 4.69) is 16.5 Å². The molecule has 70 valence electrons. The van der Waals surface area contributed by atoms with Gasteiger partial charge in [0.25, 0.3) is 0 Å². The first-order valence-electron chi connectivity index (χ1n) is 4.31. The second-order valence-corrected chi connectivity index (χ2v) is 2.90. The monoisotopic (exact) mass is 186 g/mol. The fourth-order valence-corrected chi connectivity index (χ4v) is 1.22. The van der Waals surface area contributed by atoms with Crippen LogP contribution in [0.1, 0.15) is 11.5 Å². The van der Waals surface area contributed by atoms with Crippen molar-refractivity contribution in [2.24, 2.45) is 0 Å². The largest absolute Gasteiger partial charge is 0.441 e. The smallest absolute Gasteiger partial charge is 0.226 e. The SMILES string of the molecule is C=Cc1nc(-c2ccncc2)oc1C. The van der Waals surface area contributed by atoms with Crippen LogP contribution in [-0.2, 0) is 0 Å². The molecule has 0 unspecified atom stereocenters. The molecule has 2 aromatic heterocycles. The molecule has 2 aromatic rings. The third-order valence-electron chi connectivity index (χ3n) is 1.95. The summed E-state index contributed by atoms with van der Waals surface area (Å²) in [6, 6.07) is 3.72. The Kier molecular flexibility index (Phi) is 2.14. The zero-order valence-electron chi connectivity index (χ0n) is 7.90. The number of nitrogens with zero attached hydrogens (tertiary/aromatic N) is 2. The third-order valence-corrected chi connectivity index (χ3v) is 1.95. The van der Waals surface area contributed by atoms with Gasteiger partial charge in [-0.3, -0.25) is 4.98 Å². The number of hydrogen-bond donors (Lipinski definition) is 0. The molecule has 0 bridgehead atoms. The highest BCUT2D eigenvalue weighted by atomic mass is 16.4. The van der Waals surface area contributed by atoms with E-state index >= 15 is 0 Å². The average molecular weight is 186 g/mol. The lowest BCUT2D eigenvalue weighted by Gasteiger charge is -1.91. The summed E-state index contributed by atoms with van der Waals surface area (Å²) in [4.78, 5) is 8.22. The molecule has 0 saturated heterocycles. The van der Waals surface area contributed by atoms with Crippen molar-refractivity contribution in [3.05, 3.63) is 42.6 Å². The van der Waals surface area contributed by atoms with Crippen LogP contribution in [0.2, 0.25) is 0 Å². The molecule has 2 rings (SSSR count). The second-order valence-electron chi connectivity index (χ2n) is 2.90. The summed E-state index contributed by atoms with van der Waals surface area (Å²) >= 11 is 0. The van der Waals surface area contributed by atoms with Gasteiger partial charge in [0.2, 0.25) is 5.89 Å². The van der Waals surface area contributed by atoms with Crippen molar-refractivity contribution in [1.82, 2.24) is 9.97 Å². The van der Waals surface area contributed by atoms with Crippen LogP contribution in [-0.4, -0.2) is 9.97 Å². The van der Waals surface area contributed by atoms with Crippen LogP contribution in [0.3, 0.4) is 0 Å². The average Bonchev–Trinajstić information content (AvgIpc) is 2.61. The van der Waals surface area contributed by atoms with Gasteiger partial charge in [0.05, 0.1) is 0 Å². The molecule has 2 heterocycles. The topological polar surface area (TPSA) is 38.9 Å². The van der Waals surface area contributed by atoms with Gasteiger partial charge in [0, 0.05) is 18.0 Å². The molecule has 0 radical (unpaired) electrons. The van der Waals surface area contributed by atoms with Gasteiger partial charge in [-0.05, 0) is 25.1 Å². The van der Waals surface area contributed by atoms with Gasteiger partial charge in [-0.1, -0.05) is 6.58 Å². The first-order chi connectivity index (χ1) is 6.81. The molecule has 0 aliphatic rings. The summed E-state index contributed by atoms with van der Waals surface area (Å²) < 4.78 is 5.48. The standard InChI is InChI=1S/C11H10N2O/c1-3-10-8(2)14-11(13-10)9-4-6-12-7-5-9/h3-7H,1H2,2H3. The maximum atomic E-state index is 5.48. The first kappa shape index (κ1) is 8.69. The number of oxazole rings is 1. The minimum absolute atomic E-state index is 0.611. The van der Waals surface area contributed by atoms with E-state index in [4.69, 9.17) is 4.42 Å². The predicted octanol–water partition coefficient (Wildman–Crippen LogP) is 2.69. The Morgan fingerprint density at radius 1 is 1.36 bits per heavy atom. The van der Waals surface area contributed by atoms with E-state index in [1.54, 1.807) is 18.5 Å². The van der Waals surface area contributed by atoms with E-state index in [0.717, 1.165) is 17.0 Å². The predicted molar refractivity (Wildman–Crippen MR) is 54.6 cm³/mol. The molecule has 3 heteroatoms. The van der Waals surface area contributed by atoms with Gasteiger partial charge in [0.15, 0.2) is 0 Å². The van der Waals surface area contributed by atoms with Crippen molar-refractivity contribution in [2.45, 2.75) is 6.92 Å². The lowest BCUT2D eigenvalue weighted by atomic mass is 10.3. The molecule has 0 aliphatic carbocycles. The fourth-order valence-electron chi connectivity index (χ4n) is 1.22. The van der Waals surface area contributed by atoms with E-state index in [0.29, 0.717) is 5.89 Å². The highest BCUT2D eigenvalue weighted by Crippen LogP contribution is 2.21. The van der Waals surface area contributed by atoms with Crippen molar-refractivity contribution in [2.75, 3.05) is 0 Å². The molecule has 0 N–H and O–H groups in total. The fraction of sp³-hybridized carbons (Fsp3) is 0.0909. The van der Waals surface area contributed by atoms with Crippen LogP contribution < -0.4 is 0 Å². The van der Waals surface area contributed by atoms with Gasteiger partial charge in [0.1, 0.15) is 11.5 Å². The van der Waals surface area contributed by atoms with Crippen LogP contribution in [0.15, 0.2) is 35.5 Å². The summed E-state index contributed by atoms with van der Waals surface area (Å²) in [5.41, 5.74) is 1.72. The molecule has 0 atom stereocenters. The van der Waals surface area contributed by atoms with Gasteiger partial charge in [-0.15, -0.1) is 0 Å². The van der Waals surface area contributed by atoms with Gasteiger partial charge < -0.3 is 4.42 Å². The molecule has 0 fully saturated rings. The molecule has 0 amide bonds. The molecule has 3 nitrogen and oxygen atoms in total. The highest BCUT2D eigenvalue weighted by Gasteiger charge is 2.07. The molecule has 0 aliphatic heterocycles. The molecular weight excluding hydrogens is 176 g/mol. The minimum atomic E-state index is 0.611. The van der Waals surface area contributed by atoms with E-state index < -0.39 is 0 Å². The first-order valence-corrected chi connectivity index (χ1v) is 4.31. The lowest BCUT2D eigenvalue weighted by Crippen LogP contribution is -1.78. The van der Waals surface area contributed by atoms with Crippen molar-refractivity contribution in [3.63, 3.8) is 0 Å². The Morgan fingerprint density at radius 2 is 2.07 bits per heavy atom. The number of aryl methyl sites for hydroxylation is 1. The summed E-state index contributed by atoms with van der Waals surface area (Å²) in [6.45, 7) is 5.53. The van der Waals surface area contributed by atoms with Crippen molar-refractivity contribution < 1.29 is 4.42 Å². The van der Waals surface area contributed by atoms with E-state index in [9.17, 15) is 0 Å². The molecule has 0 aromatic carbocycles. The Hall–Kier alpha value is -1.90. The van der Waals surface area contributed by atoms with E-state index in [-0.39, 0.29) is 0 Å². The molecule has 14 heavy (non-hydrogen) atoms. The van der Waals surface area contributed by atoms with Crippen LogP contribution in [0.5, 0.6) is 0 Å². The summed E-state index contributed by atoms with van der Waals surface area (Å²) in [5.74, 6) is 1.40. The summed E-state index contributed by atoms with van der Waals surface area (Å²) in [5, 5.41) is 0. The van der Waals surface area contributed by atoms with Crippen LogP contribution in [0.4, 0.5) is 0 Å².